The van der Waals surface area contributed by atoms with Crippen molar-refractivity contribution in [3.63, 3.8) is 0 Å². The molecule has 0 unspecified atom stereocenters. The molecule has 36 heavy (non-hydrogen) atoms. The average molecular weight is 594 g/mol. The average Bonchev–Trinajstić information content (AvgIpc) is 2.83. The lowest BCUT2D eigenvalue weighted by Gasteiger charge is -2.21. The highest BCUT2D eigenvalue weighted by molar-refractivity contribution is 9.10. The van der Waals surface area contributed by atoms with Crippen LogP contribution < -0.4 is 19.8 Å². The summed E-state index contributed by atoms with van der Waals surface area (Å²) in [6.45, 7) is -0.640. The molecule has 0 heterocycles. The minimum Gasteiger partial charge on any atom is -0.484 e. The third-order valence-corrected chi connectivity index (χ3v) is 6.55. The number of carbonyl (C=O) groups is 2. The van der Waals surface area contributed by atoms with Crippen LogP contribution in [0.3, 0.4) is 0 Å². The summed E-state index contributed by atoms with van der Waals surface area (Å²) < 4.78 is 31.4. The van der Waals surface area contributed by atoms with Crippen molar-refractivity contribution in [3.05, 3.63) is 87.9 Å². The molecular formula is C24H22BrClN4O5S. The first-order valence-corrected chi connectivity index (χ1v) is 13.5. The van der Waals surface area contributed by atoms with Crippen molar-refractivity contribution in [2.75, 3.05) is 29.0 Å². The summed E-state index contributed by atoms with van der Waals surface area (Å²) in [7, 11) is -3.69. The zero-order valence-electron chi connectivity index (χ0n) is 19.0. The molecule has 0 aliphatic heterocycles. The fourth-order valence-electron chi connectivity index (χ4n) is 2.92. The number of anilines is 2. The van der Waals surface area contributed by atoms with Crippen LogP contribution in [0, 0.1) is 0 Å². The number of nitrogens with one attached hydrogen (secondary N) is 2. The summed E-state index contributed by atoms with van der Waals surface area (Å²) in [5, 5.41) is 6.97. The van der Waals surface area contributed by atoms with E-state index in [2.05, 4.69) is 31.8 Å². The quantitative estimate of drug-likeness (QED) is 0.272. The van der Waals surface area contributed by atoms with Crippen LogP contribution in [0.4, 0.5) is 11.4 Å². The second-order valence-corrected chi connectivity index (χ2v) is 10.7. The number of rotatable bonds is 10. The molecule has 0 aromatic heterocycles. The molecule has 0 radical (unpaired) electrons. The minimum atomic E-state index is -3.69. The van der Waals surface area contributed by atoms with Gasteiger partial charge in [0.2, 0.25) is 10.0 Å². The van der Waals surface area contributed by atoms with Gasteiger partial charge in [-0.15, -0.1) is 0 Å². The zero-order chi connectivity index (χ0) is 26.1. The first kappa shape index (κ1) is 27.2. The van der Waals surface area contributed by atoms with Crippen LogP contribution in [0.25, 0.3) is 0 Å². The van der Waals surface area contributed by atoms with E-state index in [9.17, 15) is 18.0 Å². The normalized spacial score (nSPS) is 11.2. The van der Waals surface area contributed by atoms with Crippen LogP contribution in [0.5, 0.6) is 5.75 Å². The van der Waals surface area contributed by atoms with Gasteiger partial charge >= 0.3 is 0 Å². The van der Waals surface area contributed by atoms with Crippen LogP contribution in [-0.4, -0.2) is 45.9 Å². The standard InChI is InChI=1S/C24H22BrClN4O5S/c1-36(33,34)30(19-6-4-5-18(25)13-19)15-23(31)29-27-14-17-9-11-20(12-10-17)35-16-24(32)28-22-8-3-2-7-21(22)26/h2-14H,15-16H2,1H3,(H,28,32)(H,29,31)/b27-14-. The number of ether oxygens (including phenoxy) is 1. The number of benzene rings is 3. The van der Waals surface area contributed by atoms with E-state index in [0.29, 0.717) is 32.2 Å². The van der Waals surface area contributed by atoms with E-state index >= 15 is 0 Å². The number of hydrogen-bond donors (Lipinski definition) is 2. The molecule has 3 rings (SSSR count). The Morgan fingerprint density at radius 2 is 1.78 bits per heavy atom. The van der Waals surface area contributed by atoms with E-state index in [1.54, 1.807) is 72.8 Å². The summed E-state index contributed by atoms with van der Waals surface area (Å²) in [5.41, 5.74) is 3.81. The lowest BCUT2D eigenvalue weighted by atomic mass is 10.2. The monoisotopic (exact) mass is 592 g/mol. The van der Waals surface area contributed by atoms with Crippen molar-refractivity contribution in [2.45, 2.75) is 0 Å². The molecule has 9 nitrogen and oxygen atoms in total. The summed E-state index contributed by atoms with van der Waals surface area (Å²) in [6, 6.07) is 20.1. The number of hydrogen-bond acceptors (Lipinski definition) is 6. The van der Waals surface area contributed by atoms with E-state index in [-0.39, 0.29) is 12.5 Å². The Hall–Kier alpha value is -3.41. The first-order chi connectivity index (χ1) is 17.1. The SMILES string of the molecule is CS(=O)(=O)N(CC(=O)N/N=C\c1ccc(OCC(=O)Nc2ccccc2Cl)cc1)c1cccc(Br)c1. The molecule has 2 N–H and O–H groups in total. The number of carbonyl (C=O) groups excluding carboxylic acids is 2. The van der Waals surface area contributed by atoms with Gasteiger partial charge in [-0.2, -0.15) is 5.10 Å². The van der Waals surface area contributed by atoms with Gasteiger partial charge in [-0.3, -0.25) is 13.9 Å². The topological polar surface area (TPSA) is 117 Å². The first-order valence-electron chi connectivity index (χ1n) is 10.4. The molecule has 0 fully saturated rings. The zero-order valence-corrected chi connectivity index (χ0v) is 22.2. The number of nitrogens with zero attached hydrogens (tertiary/aromatic N) is 2. The van der Waals surface area contributed by atoms with Crippen LogP contribution in [0.15, 0.2) is 82.4 Å². The largest absolute Gasteiger partial charge is 0.484 e. The fraction of sp³-hybridized carbons (Fsp3) is 0.125. The highest BCUT2D eigenvalue weighted by Gasteiger charge is 2.20. The fourth-order valence-corrected chi connectivity index (χ4v) is 4.34. The molecule has 0 aliphatic rings. The summed E-state index contributed by atoms with van der Waals surface area (Å²) >= 11 is 9.31. The molecule has 3 aromatic rings. The van der Waals surface area contributed by atoms with Gasteiger partial charge in [-0.05, 0) is 60.2 Å². The van der Waals surface area contributed by atoms with Gasteiger partial charge in [0.05, 0.1) is 28.9 Å². The van der Waals surface area contributed by atoms with E-state index in [1.165, 1.54) is 6.21 Å². The van der Waals surface area contributed by atoms with E-state index in [1.807, 2.05) is 0 Å². The maximum absolute atomic E-state index is 12.3. The van der Waals surface area contributed by atoms with Crippen molar-refractivity contribution in [1.82, 2.24) is 5.43 Å². The lowest BCUT2D eigenvalue weighted by Crippen LogP contribution is -2.39. The minimum absolute atomic E-state index is 0.205. The van der Waals surface area contributed by atoms with Crippen LogP contribution in [-0.2, 0) is 19.6 Å². The van der Waals surface area contributed by atoms with Crippen molar-refractivity contribution in [3.8, 4) is 5.75 Å². The van der Waals surface area contributed by atoms with Crippen molar-refractivity contribution in [1.29, 1.82) is 0 Å². The number of sulfonamides is 1. The summed E-state index contributed by atoms with van der Waals surface area (Å²) in [4.78, 5) is 24.4. The van der Waals surface area contributed by atoms with Crippen LogP contribution in [0.1, 0.15) is 5.56 Å². The molecule has 0 saturated carbocycles. The third-order valence-electron chi connectivity index (χ3n) is 4.58. The predicted octanol–water partition coefficient (Wildman–Crippen LogP) is 4.04. The molecule has 0 spiro atoms. The number of halogens is 2. The Morgan fingerprint density at radius 3 is 2.44 bits per heavy atom. The van der Waals surface area contributed by atoms with E-state index in [4.69, 9.17) is 16.3 Å². The number of hydrazone groups is 1. The smallest absolute Gasteiger partial charge is 0.262 e. The Morgan fingerprint density at radius 1 is 1.06 bits per heavy atom. The molecule has 0 saturated heterocycles. The van der Waals surface area contributed by atoms with Gasteiger partial charge in [0.1, 0.15) is 12.3 Å². The third kappa shape index (κ3) is 8.36. The molecule has 0 atom stereocenters. The predicted molar refractivity (Wildman–Crippen MR) is 144 cm³/mol. The van der Waals surface area contributed by atoms with Gasteiger partial charge in [-0.1, -0.05) is 45.7 Å². The molecule has 3 aromatic carbocycles. The van der Waals surface area contributed by atoms with Crippen molar-refractivity contribution >= 4 is 67.0 Å². The van der Waals surface area contributed by atoms with Gasteiger partial charge in [0, 0.05) is 4.47 Å². The number of amides is 2. The van der Waals surface area contributed by atoms with Gasteiger partial charge in [-0.25, -0.2) is 13.8 Å². The molecule has 2 amide bonds. The van der Waals surface area contributed by atoms with Gasteiger partial charge in [0.15, 0.2) is 6.61 Å². The Bertz CT molecular complexity index is 1370. The number of para-hydroxylation sites is 1. The summed E-state index contributed by atoms with van der Waals surface area (Å²) in [5.74, 6) is -0.508. The Labute approximate surface area is 222 Å². The van der Waals surface area contributed by atoms with Crippen LogP contribution >= 0.6 is 27.5 Å². The highest BCUT2D eigenvalue weighted by Crippen LogP contribution is 2.22. The van der Waals surface area contributed by atoms with E-state index in [0.717, 1.165) is 10.6 Å². The maximum Gasteiger partial charge on any atom is 0.262 e. The Kier molecular flexibility index (Phi) is 9.45. The molecule has 0 aliphatic carbocycles. The summed E-state index contributed by atoms with van der Waals surface area (Å²) in [6.07, 6.45) is 2.42. The van der Waals surface area contributed by atoms with Gasteiger partial charge < -0.3 is 10.1 Å². The highest BCUT2D eigenvalue weighted by atomic mass is 79.9. The molecule has 0 bridgehead atoms. The second kappa shape index (κ2) is 12.5. The second-order valence-electron chi connectivity index (χ2n) is 7.43. The van der Waals surface area contributed by atoms with Crippen molar-refractivity contribution < 1.29 is 22.7 Å². The van der Waals surface area contributed by atoms with E-state index < -0.39 is 22.5 Å². The van der Waals surface area contributed by atoms with Gasteiger partial charge in [0.25, 0.3) is 11.8 Å². The van der Waals surface area contributed by atoms with Crippen molar-refractivity contribution in [2.24, 2.45) is 5.10 Å². The maximum atomic E-state index is 12.3. The molecular weight excluding hydrogens is 572 g/mol. The Balaban J connectivity index is 1.50. The molecule has 12 heteroatoms. The lowest BCUT2D eigenvalue weighted by molar-refractivity contribution is -0.119. The molecule has 188 valence electrons. The van der Waals surface area contributed by atoms with Crippen LogP contribution in [0.2, 0.25) is 5.02 Å².